The fourth-order valence-electron chi connectivity index (χ4n) is 2.31. The highest BCUT2D eigenvalue weighted by atomic mass is 32.2. The minimum Gasteiger partial charge on any atom is -0.468 e. The first-order chi connectivity index (χ1) is 11.8. The first-order valence-electron chi connectivity index (χ1n) is 7.43. The van der Waals surface area contributed by atoms with Gasteiger partial charge in [-0.3, -0.25) is 14.4 Å². The first kappa shape index (κ1) is 19.7. The summed E-state index contributed by atoms with van der Waals surface area (Å²) in [7, 11) is 0.0972. The van der Waals surface area contributed by atoms with Gasteiger partial charge in [0.15, 0.2) is 0 Å². The SMILES string of the molecule is COC(=O)[C@@H]1CN(C(=O)c2ccc(S(=O)(=O)N(C)OC)cc2)CCS1. The molecule has 0 spiro atoms. The number of hydrogen-bond acceptors (Lipinski definition) is 7. The highest BCUT2D eigenvalue weighted by Crippen LogP contribution is 2.22. The maximum Gasteiger partial charge on any atom is 0.320 e. The molecule has 2 rings (SSSR count). The molecule has 8 nitrogen and oxygen atoms in total. The van der Waals surface area contributed by atoms with Crippen molar-refractivity contribution in [1.82, 2.24) is 9.37 Å². The van der Waals surface area contributed by atoms with E-state index in [1.807, 2.05) is 0 Å². The van der Waals surface area contributed by atoms with Gasteiger partial charge in [-0.25, -0.2) is 8.42 Å². The second-order valence-electron chi connectivity index (χ2n) is 5.26. The molecule has 0 bridgehead atoms. The summed E-state index contributed by atoms with van der Waals surface area (Å²) in [5.41, 5.74) is 0.356. The molecule has 0 N–H and O–H groups in total. The van der Waals surface area contributed by atoms with Crippen LogP contribution < -0.4 is 0 Å². The summed E-state index contributed by atoms with van der Waals surface area (Å²) >= 11 is 1.46. The zero-order valence-corrected chi connectivity index (χ0v) is 15.8. The van der Waals surface area contributed by atoms with Gasteiger partial charge in [-0.2, -0.15) is 0 Å². The van der Waals surface area contributed by atoms with Crippen LogP contribution in [0, 0.1) is 0 Å². The van der Waals surface area contributed by atoms with Crippen LogP contribution in [0.25, 0.3) is 0 Å². The Hall–Kier alpha value is -1.62. The average molecular weight is 388 g/mol. The number of esters is 1. The van der Waals surface area contributed by atoms with E-state index in [0.717, 1.165) is 4.47 Å². The Labute approximate surface area is 151 Å². The van der Waals surface area contributed by atoms with E-state index in [-0.39, 0.29) is 23.3 Å². The Morgan fingerprint density at radius 1 is 1.24 bits per heavy atom. The molecule has 1 heterocycles. The third-order valence-corrected chi connectivity index (χ3v) is 6.67. The lowest BCUT2D eigenvalue weighted by Crippen LogP contribution is -2.44. The predicted molar refractivity (Wildman–Crippen MR) is 92.6 cm³/mol. The van der Waals surface area contributed by atoms with Crippen LogP contribution in [0.15, 0.2) is 29.2 Å². The van der Waals surface area contributed by atoms with Crippen LogP contribution in [0.5, 0.6) is 0 Å². The third-order valence-electron chi connectivity index (χ3n) is 3.81. The smallest absolute Gasteiger partial charge is 0.320 e. The Balaban J connectivity index is 2.14. The molecule has 10 heteroatoms. The highest BCUT2D eigenvalue weighted by molar-refractivity contribution is 8.00. The summed E-state index contributed by atoms with van der Waals surface area (Å²) < 4.78 is 29.8. The van der Waals surface area contributed by atoms with Crippen molar-refractivity contribution in [1.29, 1.82) is 0 Å². The molecule has 0 aliphatic carbocycles. The number of methoxy groups -OCH3 is 1. The van der Waals surface area contributed by atoms with E-state index in [1.54, 1.807) is 4.90 Å². The van der Waals surface area contributed by atoms with Crippen molar-refractivity contribution in [2.75, 3.05) is 40.1 Å². The molecule has 1 fully saturated rings. The third kappa shape index (κ3) is 4.32. The number of thioether (sulfide) groups is 1. The maximum absolute atomic E-state index is 12.6. The fraction of sp³-hybridized carbons (Fsp3) is 0.467. The molecular weight excluding hydrogens is 368 g/mol. The number of sulfonamides is 1. The molecule has 1 aromatic carbocycles. The van der Waals surface area contributed by atoms with Gasteiger partial charge in [0.25, 0.3) is 15.9 Å². The van der Waals surface area contributed by atoms with E-state index in [0.29, 0.717) is 17.9 Å². The van der Waals surface area contributed by atoms with Crippen molar-refractivity contribution < 1.29 is 27.6 Å². The van der Waals surface area contributed by atoms with E-state index in [2.05, 4.69) is 0 Å². The first-order valence-corrected chi connectivity index (χ1v) is 9.92. The molecule has 1 atom stereocenters. The topological polar surface area (TPSA) is 93.2 Å². The molecule has 1 saturated heterocycles. The fourth-order valence-corrected chi connectivity index (χ4v) is 4.41. The molecule has 0 saturated carbocycles. The maximum atomic E-state index is 12.6. The number of carbonyl (C=O) groups excluding carboxylic acids is 2. The second kappa shape index (κ2) is 8.17. The summed E-state index contributed by atoms with van der Waals surface area (Å²) in [6.07, 6.45) is 0. The lowest BCUT2D eigenvalue weighted by Gasteiger charge is -2.31. The van der Waals surface area contributed by atoms with Gasteiger partial charge in [-0.05, 0) is 24.3 Å². The van der Waals surface area contributed by atoms with Crippen molar-refractivity contribution in [3.05, 3.63) is 29.8 Å². The molecule has 1 amide bonds. The van der Waals surface area contributed by atoms with E-state index >= 15 is 0 Å². The number of hydrogen-bond donors (Lipinski definition) is 0. The van der Waals surface area contributed by atoms with Crippen LogP contribution in [-0.2, 0) is 24.4 Å². The van der Waals surface area contributed by atoms with Crippen molar-refractivity contribution >= 4 is 33.7 Å². The highest BCUT2D eigenvalue weighted by Gasteiger charge is 2.30. The number of ether oxygens (including phenoxy) is 1. The predicted octanol–water partition coefficient (Wildman–Crippen LogP) is 0.599. The monoisotopic (exact) mass is 388 g/mol. The molecular formula is C15H20N2O6S2. The Morgan fingerprint density at radius 3 is 2.44 bits per heavy atom. The number of carbonyl (C=O) groups is 2. The molecule has 1 aromatic rings. The Kier molecular flexibility index (Phi) is 6.44. The number of nitrogens with zero attached hydrogens (tertiary/aromatic N) is 2. The van der Waals surface area contributed by atoms with E-state index in [4.69, 9.17) is 9.57 Å². The molecule has 138 valence electrons. The minimum absolute atomic E-state index is 0.0232. The van der Waals surface area contributed by atoms with Gasteiger partial charge in [0, 0.05) is 31.5 Å². The van der Waals surface area contributed by atoms with Crippen LogP contribution in [0.3, 0.4) is 0 Å². The van der Waals surface area contributed by atoms with E-state index < -0.39 is 15.3 Å². The van der Waals surface area contributed by atoms with Gasteiger partial charge in [0.05, 0.1) is 19.1 Å². The molecule has 25 heavy (non-hydrogen) atoms. The zero-order valence-electron chi connectivity index (χ0n) is 14.2. The summed E-state index contributed by atoms with van der Waals surface area (Å²) in [4.78, 5) is 30.5. The quantitative estimate of drug-likeness (QED) is 0.539. The summed E-state index contributed by atoms with van der Waals surface area (Å²) in [6.45, 7) is 0.784. The van der Waals surface area contributed by atoms with Gasteiger partial charge in [0.1, 0.15) is 5.25 Å². The standard InChI is InChI=1S/C15H20N2O6S2/c1-16(23-3)25(20,21)12-6-4-11(5-7-12)14(18)17-8-9-24-13(10-17)15(19)22-2/h4-7,13H,8-10H2,1-3H3/t13-/m0/s1. The number of benzene rings is 1. The summed E-state index contributed by atoms with van der Waals surface area (Å²) in [6, 6.07) is 5.62. The van der Waals surface area contributed by atoms with Crippen molar-refractivity contribution in [2.24, 2.45) is 0 Å². The van der Waals surface area contributed by atoms with Gasteiger partial charge in [-0.1, -0.05) is 4.47 Å². The zero-order chi connectivity index (χ0) is 18.6. The molecule has 1 aliphatic heterocycles. The van der Waals surface area contributed by atoms with Crippen LogP contribution in [0.4, 0.5) is 0 Å². The minimum atomic E-state index is -3.76. The van der Waals surface area contributed by atoms with E-state index in [1.165, 1.54) is 57.3 Å². The average Bonchev–Trinajstić information content (AvgIpc) is 2.66. The Morgan fingerprint density at radius 2 is 1.88 bits per heavy atom. The van der Waals surface area contributed by atoms with E-state index in [9.17, 15) is 18.0 Å². The van der Waals surface area contributed by atoms with Crippen LogP contribution in [0.2, 0.25) is 0 Å². The Bertz CT molecular complexity index is 735. The van der Waals surface area contributed by atoms with Crippen molar-refractivity contribution in [3.63, 3.8) is 0 Å². The largest absolute Gasteiger partial charge is 0.468 e. The lowest BCUT2D eigenvalue weighted by atomic mass is 10.2. The summed E-state index contributed by atoms with van der Waals surface area (Å²) in [5.74, 6) is 0.0288. The second-order valence-corrected chi connectivity index (χ2v) is 8.50. The van der Waals surface area contributed by atoms with Crippen LogP contribution >= 0.6 is 11.8 Å². The number of hydroxylamine groups is 1. The van der Waals surface area contributed by atoms with Crippen molar-refractivity contribution in [2.45, 2.75) is 10.1 Å². The normalized spacial score (nSPS) is 18.2. The molecule has 1 aliphatic rings. The number of amides is 1. The van der Waals surface area contributed by atoms with Gasteiger partial charge in [-0.15, -0.1) is 11.8 Å². The molecule has 0 unspecified atom stereocenters. The van der Waals surface area contributed by atoms with Crippen LogP contribution in [0.1, 0.15) is 10.4 Å². The number of rotatable bonds is 5. The van der Waals surface area contributed by atoms with Crippen molar-refractivity contribution in [3.8, 4) is 0 Å². The molecule has 0 radical (unpaired) electrons. The van der Waals surface area contributed by atoms with Crippen LogP contribution in [-0.4, -0.2) is 75.0 Å². The van der Waals surface area contributed by atoms with Gasteiger partial charge >= 0.3 is 5.97 Å². The lowest BCUT2D eigenvalue weighted by molar-refractivity contribution is -0.140. The van der Waals surface area contributed by atoms with Gasteiger partial charge < -0.3 is 9.64 Å². The summed E-state index contributed by atoms with van der Waals surface area (Å²) in [5, 5.41) is -0.405. The molecule has 0 aromatic heterocycles. The van der Waals surface area contributed by atoms with Gasteiger partial charge in [0.2, 0.25) is 0 Å².